The monoisotopic (exact) mass is 264 g/mol. The smallest absolute Gasteiger partial charge is 0.140 e. The van der Waals surface area contributed by atoms with Crippen LogP contribution in [0.2, 0.25) is 5.02 Å². The van der Waals surface area contributed by atoms with Gasteiger partial charge in [0, 0.05) is 17.9 Å². The van der Waals surface area contributed by atoms with E-state index in [0.717, 1.165) is 27.3 Å². The minimum absolute atomic E-state index is 0.0110. The molecule has 1 aliphatic rings. The maximum Gasteiger partial charge on any atom is 0.140 e. The lowest BCUT2D eigenvalue weighted by Crippen LogP contribution is -2.22. The van der Waals surface area contributed by atoms with Gasteiger partial charge >= 0.3 is 0 Å². The summed E-state index contributed by atoms with van der Waals surface area (Å²) in [6.45, 7) is 5.97. The Hall–Kier alpha value is -1.15. The first-order chi connectivity index (χ1) is 8.40. The van der Waals surface area contributed by atoms with Crippen LogP contribution >= 0.6 is 11.6 Å². The fourth-order valence-electron chi connectivity index (χ4n) is 2.99. The van der Waals surface area contributed by atoms with E-state index in [4.69, 9.17) is 11.6 Å². The second-order valence-electron chi connectivity index (χ2n) is 5.22. The highest BCUT2D eigenvalue weighted by molar-refractivity contribution is 6.32. The van der Waals surface area contributed by atoms with Crippen LogP contribution in [0.5, 0.6) is 0 Å². The van der Waals surface area contributed by atoms with Gasteiger partial charge in [0.1, 0.15) is 11.6 Å². The Bertz CT molecular complexity index is 516. The van der Waals surface area contributed by atoms with Gasteiger partial charge in [-0.05, 0) is 48.9 Å². The highest BCUT2D eigenvalue weighted by atomic mass is 35.5. The fourth-order valence-corrected chi connectivity index (χ4v) is 3.15. The van der Waals surface area contributed by atoms with Crippen molar-refractivity contribution in [1.29, 1.82) is 0 Å². The quantitative estimate of drug-likeness (QED) is 0.725. The van der Waals surface area contributed by atoms with Crippen LogP contribution in [0.1, 0.15) is 47.4 Å². The van der Waals surface area contributed by atoms with Crippen LogP contribution in [0, 0.1) is 20.8 Å². The van der Waals surface area contributed by atoms with Gasteiger partial charge in [-0.1, -0.05) is 17.7 Å². The minimum Gasteiger partial charge on any atom is -0.299 e. The number of halogens is 1. The largest absolute Gasteiger partial charge is 0.299 e. The Morgan fingerprint density at radius 1 is 1.06 bits per heavy atom. The van der Waals surface area contributed by atoms with Crippen LogP contribution in [0.15, 0.2) is 6.07 Å². The van der Waals surface area contributed by atoms with E-state index in [-0.39, 0.29) is 23.9 Å². The molecule has 96 valence electrons. The molecule has 1 fully saturated rings. The number of Topliss-reactive ketones (excluding diaryl/α,β-unsaturated/α-hetero) is 2. The molecule has 1 aromatic carbocycles. The molecule has 0 radical (unpaired) electrons. The van der Waals surface area contributed by atoms with Crippen LogP contribution < -0.4 is 0 Å². The Morgan fingerprint density at radius 2 is 1.61 bits per heavy atom. The first-order valence-corrected chi connectivity index (χ1v) is 6.57. The first-order valence-electron chi connectivity index (χ1n) is 6.19. The van der Waals surface area contributed by atoms with Gasteiger partial charge in [-0.25, -0.2) is 0 Å². The Labute approximate surface area is 112 Å². The zero-order chi connectivity index (χ0) is 13.4. The van der Waals surface area contributed by atoms with Crippen LogP contribution in [0.3, 0.4) is 0 Å². The molecule has 18 heavy (non-hydrogen) atoms. The first kappa shape index (κ1) is 13.3. The third-order valence-corrected chi connectivity index (χ3v) is 4.27. The third-order valence-electron chi connectivity index (χ3n) is 3.69. The van der Waals surface area contributed by atoms with Crippen LogP contribution in [-0.2, 0) is 9.59 Å². The number of carbonyl (C=O) groups is 2. The van der Waals surface area contributed by atoms with Crippen molar-refractivity contribution in [1.82, 2.24) is 0 Å². The van der Waals surface area contributed by atoms with Gasteiger partial charge in [-0.2, -0.15) is 0 Å². The summed E-state index contributed by atoms with van der Waals surface area (Å²) in [4.78, 5) is 23.2. The molecule has 1 aromatic rings. The minimum atomic E-state index is 0.0110. The molecule has 2 nitrogen and oxygen atoms in total. The van der Waals surface area contributed by atoms with Crippen LogP contribution in [-0.4, -0.2) is 11.6 Å². The van der Waals surface area contributed by atoms with Gasteiger partial charge < -0.3 is 0 Å². The summed E-state index contributed by atoms with van der Waals surface area (Å²) >= 11 is 6.28. The number of rotatable bonds is 1. The number of benzene rings is 1. The van der Waals surface area contributed by atoms with Crippen molar-refractivity contribution in [2.24, 2.45) is 0 Å². The highest BCUT2D eigenvalue weighted by Gasteiger charge is 2.29. The van der Waals surface area contributed by atoms with Gasteiger partial charge in [0.2, 0.25) is 0 Å². The van der Waals surface area contributed by atoms with Gasteiger partial charge in [-0.15, -0.1) is 0 Å². The van der Waals surface area contributed by atoms with E-state index in [1.807, 2.05) is 26.8 Å². The molecule has 0 unspecified atom stereocenters. The zero-order valence-corrected chi connectivity index (χ0v) is 11.7. The third kappa shape index (κ3) is 2.35. The normalized spacial score (nSPS) is 17.3. The van der Waals surface area contributed by atoms with Crippen molar-refractivity contribution in [3.63, 3.8) is 0 Å². The Balaban J connectivity index is 2.48. The molecular formula is C15H17ClO2. The number of aryl methyl sites for hydroxylation is 2. The number of hydrogen-bond acceptors (Lipinski definition) is 2. The molecule has 0 aromatic heterocycles. The maximum absolute atomic E-state index is 11.6. The maximum atomic E-state index is 11.6. The topological polar surface area (TPSA) is 34.1 Å². The van der Waals surface area contributed by atoms with E-state index in [1.165, 1.54) is 0 Å². The Kier molecular flexibility index (Phi) is 3.58. The molecule has 0 spiro atoms. The molecule has 3 heteroatoms. The summed E-state index contributed by atoms with van der Waals surface area (Å²) in [5, 5.41) is 0.751. The van der Waals surface area contributed by atoms with E-state index in [9.17, 15) is 9.59 Å². The van der Waals surface area contributed by atoms with Crippen molar-refractivity contribution in [2.75, 3.05) is 0 Å². The van der Waals surface area contributed by atoms with Crippen LogP contribution in [0.4, 0.5) is 0 Å². The summed E-state index contributed by atoms with van der Waals surface area (Å²) in [5.74, 6) is 0.107. The molecule has 0 atom stereocenters. The zero-order valence-electron chi connectivity index (χ0n) is 11.0. The fraction of sp³-hybridized carbons (Fsp3) is 0.467. The second kappa shape index (κ2) is 4.85. The molecule has 0 bridgehead atoms. The van der Waals surface area contributed by atoms with Crippen molar-refractivity contribution in [2.45, 2.75) is 46.0 Å². The average molecular weight is 265 g/mol. The van der Waals surface area contributed by atoms with E-state index in [1.54, 1.807) is 0 Å². The lowest BCUT2D eigenvalue weighted by Gasteiger charge is -2.25. The lowest BCUT2D eigenvalue weighted by atomic mass is 9.79. The van der Waals surface area contributed by atoms with E-state index < -0.39 is 0 Å². The predicted octanol–water partition coefficient (Wildman–Crippen LogP) is 3.67. The molecule has 1 saturated carbocycles. The molecule has 0 N–H and O–H groups in total. The standard InChI is InChI=1S/C15H17ClO2/c1-8-4-9(2)15(16)10(3)14(8)11-5-12(17)7-13(18)6-11/h4,11H,5-7H2,1-3H3. The molecule has 2 rings (SSSR count). The number of carbonyl (C=O) groups excluding carboxylic acids is 2. The number of ketones is 2. The molecule has 0 saturated heterocycles. The Morgan fingerprint density at radius 3 is 2.17 bits per heavy atom. The molecule has 0 aliphatic heterocycles. The van der Waals surface area contributed by atoms with Gasteiger partial charge in [0.05, 0.1) is 6.42 Å². The van der Waals surface area contributed by atoms with Crippen molar-refractivity contribution in [3.05, 3.63) is 33.3 Å². The molecule has 1 aliphatic carbocycles. The molecular weight excluding hydrogens is 248 g/mol. The SMILES string of the molecule is Cc1cc(C)c(C2CC(=O)CC(=O)C2)c(C)c1Cl. The summed E-state index contributed by atoms with van der Waals surface area (Å²) in [6, 6.07) is 2.04. The summed E-state index contributed by atoms with van der Waals surface area (Å²) in [6.07, 6.45) is 1.04. The summed E-state index contributed by atoms with van der Waals surface area (Å²) in [5.41, 5.74) is 4.28. The van der Waals surface area contributed by atoms with E-state index >= 15 is 0 Å². The average Bonchev–Trinajstić information content (AvgIpc) is 2.24. The van der Waals surface area contributed by atoms with E-state index in [0.29, 0.717) is 12.8 Å². The predicted molar refractivity (Wildman–Crippen MR) is 72.3 cm³/mol. The van der Waals surface area contributed by atoms with Gasteiger partial charge in [0.15, 0.2) is 0 Å². The van der Waals surface area contributed by atoms with Gasteiger partial charge in [0.25, 0.3) is 0 Å². The molecule has 0 amide bonds. The molecule has 0 heterocycles. The number of hydrogen-bond donors (Lipinski definition) is 0. The summed E-state index contributed by atoms with van der Waals surface area (Å²) < 4.78 is 0. The second-order valence-corrected chi connectivity index (χ2v) is 5.60. The van der Waals surface area contributed by atoms with Crippen molar-refractivity contribution in [3.8, 4) is 0 Å². The van der Waals surface area contributed by atoms with Crippen molar-refractivity contribution < 1.29 is 9.59 Å². The van der Waals surface area contributed by atoms with Gasteiger partial charge in [-0.3, -0.25) is 9.59 Å². The summed E-state index contributed by atoms with van der Waals surface area (Å²) in [7, 11) is 0. The van der Waals surface area contributed by atoms with Crippen molar-refractivity contribution >= 4 is 23.2 Å². The highest BCUT2D eigenvalue weighted by Crippen LogP contribution is 2.37. The lowest BCUT2D eigenvalue weighted by molar-refractivity contribution is -0.130. The van der Waals surface area contributed by atoms with E-state index in [2.05, 4.69) is 0 Å². The van der Waals surface area contributed by atoms with Crippen LogP contribution in [0.25, 0.3) is 0 Å².